The van der Waals surface area contributed by atoms with Crippen LogP contribution in [0.2, 0.25) is 0 Å². The summed E-state index contributed by atoms with van der Waals surface area (Å²) < 4.78 is 4.64. The molecule has 0 radical (unpaired) electrons. The fourth-order valence-electron chi connectivity index (χ4n) is 2.09. The number of methoxy groups -OCH3 is 1. The van der Waals surface area contributed by atoms with Gasteiger partial charge in [0.1, 0.15) is 5.82 Å². The number of anilines is 2. The molecule has 0 aromatic carbocycles. The molecule has 2 atom stereocenters. The second-order valence-corrected chi connectivity index (χ2v) is 4.66. The third-order valence-corrected chi connectivity index (χ3v) is 3.23. The fraction of sp³-hybridized carbons (Fsp3) is 0.538. The van der Waals surface area contributed by atoms with Crippen LogP contribution in [0.4, 0.5) is 11.5 Å². The number of aromatic nitrogens is 1. The van der Waals surface area contributed by atoms with Gasteiger partial charge in [-0.2, -0.15) is 0 Å². The Hall–Kier alpha value is -1.78. The Balaban J connectivity index is 2.06. The van der Waals surface area contributed by atoms with Crippen LogP contribution in [-0.2, 0) is 4.74 Å². The van der Waals surface area contributed by atoms with Gasteiger partial charge in [0, 0.05) is 6.04 Å². The molecule has 1 saturated carbocycles. The Bertz CT molecular complexity index is 448. The number of carbonyl (C=O) groups is 1. The smallest absolute Gasteiger partial charge is 0.356 e. The van der Waals surface area contributed by atoms with Crippen LogP contribution in [0.1, 0.15) is 36.7 Å². The summed E-state index contributed by atoms with van der Waals surface area (Å²) in [5, 5.41) is 3.29. The third-order valence-electron chi connectivity index (χ3n) is 3.23. The normalized spacial score (nSPS) is 21.4. The van der Waals surface area contributed by atoms with Crippen molar-refractivity contribution >= 4 is 17.5 Å². The number of hydrogen-bond donors (Lipinski definition) is 2. The van der Waals surface area contributed by atoms with Gasteiger partial charge in [-0.05, 0) is 30.9 Å². The Labute approximate surface area is 107 Å². The molecule has 5 heteroatoms. The van der Waals surface area contributed by atoms with Crippen molar-refractivity contribution in [2.24, 2.45) is 5.92 Å². The summed E-state index contributed by atoms with van der Waals surface area (Å²) in [5.74, 6) is 0.846. The lowest BCUT2D eigenvalue weighted by Crippen LogP contribution is -2.12. The number of ether oxygens (including phenoxy) is 1. The first-order valence-corrected chi connectivity index (χ1v) is 6.27. The largest absolute Gasteiger partial charge is 0.464 e. The molecule has 0 amide bonds. The average molecular weight is 249 g/mol. The molecule has 1 aliphatic rings. The molecule has 0 aliphatic heterocycles. The maximum atomic E-state index is 11.4. The topological polar surface area (TPSA) is 77.2 Å². The minimum absolute atomic E-state index is 0.280. The molecule has 98 valence electrons. The number of esters is 1. The lowest BCUT2D eigenvalue weighted by molar-refractivity contribution is 0.0594. The van der Waals surface area contributed by atoms with E-state index in [4.69, 9.17) is 5.73 Å². The molecule has 2 unspecified atom stereocenters. The number of hydrogen-bond acceptors (Lipinski definition) is 5. The molecule has 0 spiro atoms. The molecule has 2 rings (SSSR count). The van der Waals surface area contributed by atoms with Crippen molar-refractivity contribution in [3.63, 3.8) is 0 Å². The maximum absolute atomic E-state index is 11.4. The number of nitrogens with zero attached hydrogens (tertiary/aromatic N) is 1. The lowest BCUT2D eigenvalue weighted by atomic mass is 10.2. The van der Waals surface area contributed by atoms with Crippen molar-refractivity contribution in [2.45, 2.75) is 32.2 Å². The van der Waals surface area contributed by atoms with E-state index >= 15 is 0 Å². The van der Waals surface area contributed by atoms with Crippen LogP contribution >= 0.6 is 0 Å². The molecule has 5 nitrogen and oxygen atoms in total. The average Bonchev–Trinajstić information content (AvgIpc) is 3.09. The summed E-state index contributed by atoms with van der Waals surface area (Å²) in [5.41, 5.74) is 6.69. The van der Waals surface area contributed by atoms with Gasteiger partial charge in [-0.15, -0.1) is 0 Å². The molecule has 0 saturated heterocycles. The van der Waals surface area contributed by atoms with Gasteiger partial charge in [-0.1, -0.05) is 13.3 Å². The van der Waals surface area contributed by atoms with Gasteiger partial charge < -0.3 is 15.8 Å². The van der Waals surface area contributed by atoms with E-state index < -0.39 is 5.97 Å². The molecular weight excluding hydrogens is 230 g/mol. The van der Waals surface area contributed by atoms with E-state index in [-0.39, 0.29) is 5.69 Å². The molecule has 18 heavy (non-hydrogen) atoms. The Morgan fingerprint density at radius 2 is 2.39 bits per heavy atom. The van der Waals surface area contributed by atoms with E-state index in [1.54, 1.807) is 12.1 Å². The minimum atomic E-state index is -0.445. The highest BCUT2D eigenvalue weighted by Crippen LogP contribution is 2.37. The predicted octanol–water partition coefficient (Wildman–Crippen LogP) is 2.05. The van der Waals surface area contributed by atoms with Crippen LogP contribution in [0.3, 0.4) is 0 Å². The van der Waals surface area contributed by atoms with Crippen LogP contribution < -0.4 is 11.1 Å². The molecule has 1 aromatic rings. The van der Waals surface area contributed by atoms with E-state index in [9.17, 15) is 4.79 Å². The van der Waals surface area contributed by atoms with Gasteiger partial charge in [0.05, 0.1) is 12.8 Å². The first kappa shape index (κ1) is 12.7. The van der Waals surface area contributed by atoms with Gasteiger partial charge >= 0.3 is 5.97 Å². The number of carbonyl (C=O) groups excluding carboxylic acids is 1. The standard InChI is InChI=1S/C13H19N3O2/c1-3-4-8-7-11(8)16-12-9(14)5-6-10(15-12)13(17)18-2/h5-6,8,11H,3-4,7,14H2,1-2H3,(H,15,16). The minimum Gasteiger partial charge on any atom is -0.464 e. The van der Waals surface area contributed by atoms with Gasteiger partial charge in [0.15, 0.2) is 5.69 Å². The molecule has 1 fully saturated rings. The number of nitrogens with two attached hydrogens (primary N) is 1. The van der Waals surface area contributed by atoms with E-state index in [0.29, 0.717) is 23.5 Å². The third kappa shape index (κ3) is 2.72. The summed E-state index contributed by atoms with van der Waals surface area (Å²) in [7, 11) is 1.34. The highest BCUT2D eigenvalue weighted by atomic mass is 16.5. The monoisotopic (exact) mass is 249 g/mol. The molecule has 1 aliphatic carbocycles. The van der Waals surface area contributed by atoms with Crippen LogP contribution in [0.15, 0.2) is 12.1 Å². The van der Waals surface area contributed by atoms with Crippen molar-refractivity contribution in [3.8, 4) is 0 Å². The summed E-state index contributed by atoms with van der Waals surface area (Å²) in [6, 6.07) is 3.69. The molecule has 0 bridgehead atoms. The molecular formula is C13H19N3O2. The zero-order chi connectivity index (χ0) is 13.1. The van der Waals surface area contributed by atoms with Crippen LogP contribution in [-0.4, -0.2) is 24.1 Å². The molecule has 1 heterocycles. The van der Waals surface area contributed by atoms with Crippen LogP contribution in [0.25, 0.3) is 0 Å². The zero-order valence-corrected chi connectivity index (χ0v) is 10.8. The zero-order valence-electron chi connectivity index (χ0n) is 10.8. The Morgan fingerprint density at radius 3 is 3.06 bits per heavy atom. The van der Waals surface area contributed by atoms with Crippen molar-refractivity contribution < 1.29 is 9.53 Å². The summed E-state index contributed by atoms with van der Waals surface area (Å²) in [6.45, 7) is 2.18. The van der Waals surface area contributed by atoms with Gasteiger partial charge in [0.25, 0.3) is 0 Å². The van der Waals surface area contributed by atoms with Crippen molar-refractivity contribution in [1.82, 2.24) is 4.98 Å². The van der Waals surface area contributed by atoms with E-state index in [1.165, 1.54) is 20.0 Å². The van der Waals surface area contributed by atoms with E-state index in [2.05, 4.69) is 22.0 Å². The Morgan fingerprint density at radius 1 is 1.61 bits per heavy atom. The van der Waals surface area contributed by atoms with Crippen molar-refractivity contribution in [2.75, 3.05) is 18.2 Å². The summed E-state index contributed by atoms with van der Waals surface area (Å²) in [4.78, 5) is 15.6. The van der Waals surface area contributed by atoms with Gasteiger partial charge in [0.2, 0.25) is 0 Å². The second-order valence-electron chi connectivity index (χ2n) is 4.66. The number of pyridine rings is 1. The molecule has 1 aromatic heterocycles. The summed E-state index contributed by atoms with van der Waals surface area (Å²) >= 11 is 0. The highest BCUT2D eigenvalue weighted by molar-refractivity contribution is 5.88. The lowest BCUT2D eigenvalue weighted by Gasteiger charge is -2.09. The van der Waals surface area contributed by atoms with E-state index in [0.717, 1.165) is 6.42 Å². The van der Waals surface area contributed by atoms with Gasteiger partial charge in [-0.3, -0.25) is 0 Å². The van der Waals surface area contributed by atoms with Crippen LogP contribution in [0, 0.1) is 5.92 Å². The predicted molar refractivity (Wildman–Crippen MR) is 70.4 cm³/mol. The second kappa shape index (κ2) is 5.25. The highest BCUT2D eigenvalue weighted by Gasteiger charge is 2.36. The number of nitrogens with one attached hydrogen (secondary N) is 1. The summed E-state index contributed by atoms with van der Waals surface area (Å²) in [6.07, 6.45) is 3.56. The first-order chi connectivity index (χ1) is 8.65. The van der Waals surface area contributed by atoms with Crippen molar-refractivity contribution in [1.29, 1.82) is 0 Å². The quantitative estimate of drug-likeness (QED) is 0.781. The van der Waals surface area contributed by atoms with E-state index in [1.807, 2.05) is 0 Å². The SMILES string of the molecule is CCCC1CC1Nc1nc(C(=O)OC)ccc1N. The maximum Gasteiger partial charge on any atom is 0.356 e. The Kier molecular flexibility index (Phi) is 3.69. The van der Waals surface area contributed by atoms with Gasteiger partial charge in [-0.25, -0.2) is 9.78 Å². The number of rotatable bonds is 5. The van der Waals surface area contributed by atoms with Crippen LogP contribution in [0.5, 0.6) is 0 Å². The first-order valence-electron chi connectivity index (χ1n) is 6.27. The fourth-order valence-corrected chi connectivity index (χ4v) is 2.09. The molecule has 3 N–H and O–H groups in total. The number of nitrogen functional groups attached to an aromatic ring is 1. The van der Waals surface area contributed by atoms with Crippen molar-refractivity contribution in [3.05, 3.63) is 17.8 Å².